The van der Waals surface area contributed by atoms with Crippen molar-refractivity contribution < 1.29 is 23.8 Å². The molecule has 7 nitrogen and oxygen atoms in total. The first-order valence-corrected chi connectivity index (χ1v) is 7.92. The van der Waals surface area contributed by atoms with Gasteiger partial charge in [-0.15, -0.1) is 5.10 Å². The van der Waals surface area contributed by atoms with Crippen LogP contribution in [0.25, 0.3) is 0 Å². The van der Waals surface area contributed by atoms with Gasteiger partial charge in [-0.05, 0) is 18.6 Å². The molecule has 24 heavy (non-hydrogen) atoms. The summed E-state index contributed by atoms with van der Waals surface area (Å²) in [6.45, 7) is 1.67. The number of carboxylic acids is 1. The number of nitrogens with one attached hydrogen (secondary N) is 1. The SMILES string of the molecule is COc1c(F)cc(C=NN=C2NC(=O)C(CC(=O)O)S2)c(C)c1Cl. The van der Waals surface area contributed by atoms with Crippen LogP contribution in [0.5, 0.6) is 5.75 Å². The molecule has 1 amide bonds. The van der Waals surface area contributed by atoms with E-state index in [2.05, 4.69) is 15.5 Å². The van der Waals surface area contributed by atoms with Crippen LogP contribution in [0.1, 0.15) is 17.5 Å². The number of amidine groups is 1. The number of thioether (sulfide) groups is 1. The Labute approximate surface area is 145 Å². The number of ether oxygens (including phenoxy) is 1. The zero-order valence-corrected chi connectivity index (χ0v) is 14.2. The van der Waals surface area contributed by atoms with Crippen molar-refractivity contribution >= 4 is 46.6 Å². The smallest absolute Gasteiger partial charge is 0.305 e. The average molecular weight is 374 g/mol. The number of hydrogen-bond donors (Lipinski definition) is 2. The van der Waals surface area contributed by atoms with Crippen LogP contribution in [0.15, 0.2) is 16.3 Å². The number of hydrogen-bond acceptors (Lipinski definition) is 6. The van der Waals surface area contributed by atoms with Gasteiger partial charge in [0.2, 0.25) is 5.91 Å². The molecule has 1 saturated heterocycles. The molecule has 1 atom stereocenters. The first-order chi connectivity index (χ1) is 11.3. The molecule has 0 aliphatic carbocycles. The maximum atomic E-state index is 13.8. The summed E-state index contributed by atoms with van der Waals surface area (Å²) in [5.41, 5.74) is 0.963. The minimum absolute atomic E-state index is 0.0484. The zero-order chi connectivity index (χ0) is 17.9. The number of carboxylic acid groups (broad SMARTS) is 1. The molecule has 2 N–H and O–H groups in total. The molecule has 0 aromatic heterocycles. The Morgan fingerprint density at radius 2 is 2.33 bits per heavy atom. The van der Waals surface area contributed by atoms with Crippen molar-refractivity contribution in [3.05, 3.63) is 28.0 Å². The lowest BCUT2D eigenvalue weighted by Gasteiger charge is -2.09. The summed E-state index contributed by atoms with van der Waals surface area (Å²) in [5, 5.41) is 18.3. The van der Waals surface area contributed by atoms with Crippen LogP contribution < -0.4 is 10.1 Å². The number of methoxy groups -OCH3 is 1. The van der Waals surface area contributed by atoms with Crippen molar-refractivity contribution in [2.75, 3.05) is 7.11 Å². The largest absolute Gasteiger partial charge is 0.492 e. The molecule has 128 valence electrons. The molecule has 10 heteroatoms. The second-order valence-electron chi connectivity index (χ2n) is 4.76. The van der Waals surface area contributed by atoms with Gasteiger partial charge in [0.25, 0.3) is 0 Å². The van der Waals surface area contributed by atoms with Gasteiger partial charge in [-0.1, -0.05) is 23.4 Å². The van der Waals surface area contributed by atoms with Crippen molar-refractivity contribution in [1.82, 2.24) is 5.32 Å². The minimum Gasteiger partial charge on any atom is -0.492 e. The van der Waals surface area contributed by atoms with E-state index in [0.717, 1.165) is 11.8 Å². The summed E-state index contributed by atoms with van der Waals surface area (Å²) >= 11 is 6.99. The predicted molar refractivity (Wildman–Crippen MR) is 89.5 cm³/mol. The van der Waals surface area contributed by atoms with Gasteiger partial charge in [0.15, 0.2) is 16.7 Å². The normalized spacial score (nSPS) is 19.1. The Morgan fingerprint density at radius 3 is 2.96 bits per heavy atom. The van der Waals surface area contributed by atoms with Crippen LogP contribution in [0, 0.1) is 12.7 Å². The third kappa shape index (κ3) is 4.04. The molecule has 0 spiro atoms. The minimum atomic E-state index is -1.08. The summed E-state index contributed by atoms with van der Waals surface area (Å²) in [5.74, 6) is -2.20. The molecular weight excluding hydrogens is 361 g/mol. The van der Waals surface area contributed by atoms with E-state index >= 15 is 0 Å². The number of nitrogens with zero attached hydrogens (tertiary/aromatic N) is 2. The zero-order valence-electron chi connectivity index (χ0n) is 12.7. The van der Waals surface area contributed by atoms with Gasteiger partial charge < -0.3 is 15.2 Å². The topological polar surface area (TPSA) is 100 Å². The van der Waals surface area contributed by atoms with Crippen molar-refractivity contribution in [2.45, 2.75) is 18.6 Å². The van der Waals surface area contributed by atoms with Gasteiger partial charge >= 0.3 is 5.97 Å². The van der Waals surface area contributed by atoms with Gasteiger partial charge in [-0.25, -0.2) is 4.39 Å². The van der Waals surface area contributed by atoms with E-state index in [1.54, 1.807) is 6.92 Å². The third-order valence-corrected chi connectivity index (χ3v) is 4.67. The molecule has 0 bridgehead atoms. The van der Waals surface area contributed by atoms with Gasteiger partial charge in [0, 0.05) is 5.56 Å². The van der Waals surface area contributed by atoms with Gasteiger partial charge in [0.1, 0.15) is 5.25 Å². The summed E-state index contributed by atoms with van der Waals surface area (Å²) in [4.78, 5) is 22.2. The molecule has 1 fully saturated rings. The fourth-order valence-electron chi connectivity index (χ4n) is 1.92. The quantitative estimate of drug-likeness (QED) is 0.608. The summed E-state index contributed by atoms with van der Waals surface area (Å²) in [6, 6.07) is 1.21. The fourth-order valence-corrected chi connectivity index (χ4v) is 3.11. The van der Waals surface area contributed by atoms with E-state index in [1.807, 2.05) is 0 Å². The number of rotatable bonds is 5. The molecule has 1 aromatic rings. The summed E-state index contributed by atoms with van der Waals surface area (Å²) in [7, 11) is 1.32. The molecule has 1 aliphatic rings. The van der Waals surface area contributed by atoms with E-state index in [-0.39, 0.29) is 22.4 Å². The maximum Gasteiger partial charge on any atom is 0.305 e. The van der Waals surface area contributed by atoms with Crippen molar-refractivity contribution in [1.29, 1.82) is 0 Å². The van der Waals surface area contributed by atoms with Crippen molar-refractivity contribution in [2.24, 2.45) is 10.2 Å². The second kappa shape index (κ2) is 7.63. The van der Waals surface area contributed by atoms with E-state index in [9.17, 15) is 14.0 Å². The molecule has 1 unspecified atom stereocenters. The summed E-state index contributed by atoms with van der Waals surface area (Å²) in [6.07, 6.45) is 0.978. The Morgan fingerprint density at radius 1 is 1.62 bits per heavy atom. The molecule has 2 rings (SSSR count). The van der Waals surface area contributed by atoms with Crippen LogP contribution in [-0.4, -0.2) is 40.7 Å². The number of halogens is 2. The molecule has 0 saturated carbocycles. The lowest BCUT2D eigenvalue weighted by molar-refractivity contribution is -0.138. The van der Waals surface area contributed by atoms with Gasteiger partial charge in [-0.2, -0.15) is 5.10 Å². The Balaban J connectivity index is 2.15. The number of benzene rings is 1. The predicted octanol–water partition coefficient (Wildman–Crippen LogP) is 2.19. The number of aliphatic carboxylic acids is 1. The van der Waals surface area contributed by atoms with Crippen LogP contribution >= 0.6 is 23.4 Å². The highest BCUT2D eigenvalue weighted by Gasteiger charge is 2.32. The average Bonchev–Trinajstić information content (AvgIpc) is 2.84. The van der Waals surface area contributed by atoms with Crippen LogP contribution in [0.3, 0.4) is 0 Å². The molecular formula is C14H13ClFN3O4S. The third-order valence-electron chi connectivity index (χ3n) is 3.15. The number of carbonyl (C=O) groups is 2. The Hall–Kier alpha value is -2.13. The standard InChI is InChI=1S/C14H13ClFN3O4S/c1-6-7(3-8(16)12(23-2)11(6)15)5-17-19-14-18-13(22)9(24-14)4-10(20)21/h3,5,9H,4H2,1-2H3,(H,20,21)(H,18,19,22). The van der Waals surface area contributed by atoms with E-state index in [1.165, 1.54) is 19.4 Å². The lowest BCUT2D eigenvalue weighted by atomic mass is 10.1. The van der Waals surface area contributed by atoms with Gasteiger partial charge in [-0.3, -0.25) is 9.59 Å². The number of amides is 1. The highest BCUT2D eigenvalue weighted by atomic mass is 35.5. The molecule has 1 aliphatic heterocycles. The van der Waals surface area contributed by atoms with E-state index in [0.29, 0.717) is 11.1 Å². The lowest BCUT2D eigenvalue weighted by Crippen LogP contribution is -2.26. The fraction of sp³-hybridized carbons (Fsp3) is 0.286. The van der Waals surface area contributed by atoms with Crippen LogP contribution in [-0.2, 0) is 9.59 Å². The first-order valence-electron chi connectivity index (χ1n) is 6.66. The van der Waals surface area contributed by atoms with Crippen LogP contribution in [0.2, 0.25) is 5.02 Å². The monoisotopic (exact) mass is 373 g/mol. The second-order valence-corrected chi connectivity index (χ2v) is 6.33. The summed E-state index contributed by atoms with van der Waals surface area (Å²) < 4.78 is 18.7. The molecule has 0 radical (unpaired) electrons. The van der Waals surface area contributed by atoms with Gasteiger partial charge in [0.05, 0.1) is 24.8 Å². The highest BCUT2D eigenvalue weighted by molar-refractivity contribution is 8.15. The van der Waals surface area contributed by atoms with E-state index < -0.39 is 22.9 Å². The molecule has 1 aromatic carbocycles. The Bertz CT molecular complexity index is 754. The Kier molecular flexibility index (Phi) is 5.79. The van der Waals surface area contributed by atoms with Crippen molar-refractivity contribution in [3.8, 4) is 5.75 Å². The molecule has 1 heterocycles. The maximum absolute atomic E-state index is 13.8. The first kappa shape index (κ1) is 18.2. The van der Waals surface area contributed by atoms with Crippen LogP contribution in [0.4, 0.5) is 4.39 Å². The number of carbonyl (C=O) groups excluding carboxylic acids is 1. The highest BCUT2D eigenvalue weighted by Crippen LogP contribution is 2.32. The van der Waals surface area contributed by atoms with Crippen molar-refractivity contribution in [3.63, 3.8) is 0 Å². The van der Waals surface area contributed by atoms with E-state index in [4.69, 9.17) is 21.4 Å².